The van der Waals surface area contributed by atoms with Crippen LogP contribution in [0.1, 0.15) is 26.2 Å². The fourth-order valence-electron chi connectivity index (χ4n) is 4.82. The second kappa shape index (κ2) is 6.96. The molecule has 0 bridgehead atoms. The van der Waals surface area contributed by atoms with Crippen molar-refractivity contribution in [2.45, 2.75) is 35.8 Å². The van der Waals surface area contributed by atoms with Crippen LogP contribution in [0.5, 0.6) is 0 Å². The summed E-state index contributed by atoms with van der Waals surface area (Å²) in [7, 11) is -3.84. The van der Waals surface area contributed by atoms with Crippen LogP contribution in [0.2, 0.25) is 5.02 Å². The Bertz CT molecular complexity index is 944. The molecule has 0 radical (unpaired) electrons. The van der Waals surface area contributed by atoms with Gasteiger partial charge in [0.25, 0.3) is 0 Å². The minimum Gasteiger partial charge on any atom is -0.396 e. The van der Waals surface area contributed by atoms with Crippen molar-refractivity contribution in [3.63, 3.8) is 0 Å². The molecule has 1 N–H and O–H groups in total. The molecule has 1 aromatic rings. The molecule has 1 aromatic carbocycles. The lowest BCUT2D eigenvalue weighted by atomic mass is 9.73. The van der Waals surface area contributed by atoms with Crippen molar-refractivity contribution in [2.24, 2.45) is 11.3 Å². The van der Waals surface area contributed by atoms with Gasteiger partial charge in [0.2, 0.25) is 11.8 Å². The number of aliphatic hydroxyl groups excluding tert-OH is 1. The van der Waals surface area contributed by atoms with E-state index in [1.807, 2.05) is 0 Å². The maximum absolute atomic E-state index is 13.4. The number of hydrogen-bond donors (Lipinski definition) is 1. The SMILES string of the molecule is CC(=O)N1CC[C@@]2(CO)CN(C(=O)C3(S(=O)(=O)c4ccc(Cl)cc4)CC3)C[C@H]2C1. The molecular weight excluding hydrogens is 416 g/mol. The summed E-state index contributed by atoms with van der Waals surface area (Å²) in [4.78, 5) is 28.6. The van der Waals surface area contributed by atoms with Gasteiger partial charge in [-0.2, -0.15) is 0 Å². The molecule has 29 heavy (non-hydrogen) atoms. The first-order valence-corrected chi connectivity index (χ1v) is 11.7. The van der Waals surface area contributed by atoms with Gasteiger partial charge in [0.15, 0.2) is 14.6 Å². The topological polar surface area (TPSA) is 95.0 Å². The second-order valence-electron chi connectivity index (χ2n) is 8.57. The van der Waals surface area contributed by atoms with Crippen molar-refractivity contribution in [1.82, 2.24) is 9.80 Å². The number of carbonyl (C=O) groups is 2. The minimum atomic E-state index is -3.84. The Labute approximate surface area is 175 Å². The summed E-state index contributed by atoms with van der Waals surface area (Å²) in [6.45, 7) is 3.16. The molecule has 2 amide bonds. The van der Waals surface area contributed by atoms with Gasteiger partial charge >= 0.3 is 0 Å². The first-order valence-electron chi connectivity index (χ1n) is 9.81. The fraction of sp³-hybridized carbons (Fsp3) is 0.600. The van der Waals surface area contributed by atoms with Crippen molar-refractivity contribution in [3.8, 4) is 0 Å². The number of sulfone groups is 1. The van der Waals surface area contributed by atoms with E-state index in [0.29, 0.717) is 50.5 Å². The van der Waals surface area contributed by atoms with Gasteiger partial charge in [-0.05, 0) is 43.5 Å². The average molecular weight is 441 g/mol. The van der Waals surface area contributed by atoms with E-state index in [9.17, 15) is 23.1 Å². The highest BCUT2D eigenvalue weighted by molar-refractivity contribution is 7.94. The number of aliphatic hydroxyl groups is 1. The normalized spacial score (nSPS) is 28.2. The summed E-state index contributed by atoms with van der Waals surface area (Å²) < 4.78 is 25.1. The molecule has 9 heteroatoms. The monoisotopic (exact) mass is 440 g/mol. The van der Waals surface area contributed by atoms with Crippen LogP contribution in [0.15, 0.2) is 29.2 Å². The summed E-state index contributed by atoms with van der Waals surface area (Å²) in [6.07, 6.45) is 1.20. The summed E-state index contributed by atoms with van der Waals surface area (Å²) in [5.74, 6) is -0.461. The zero-order chi connectivity index (χ0) is 21.0. The lowest BCUT2D eigenvalue weighted by Gasteiger charge is -2.41. The van der Waals surface area contributed by atoms with E-state index >= 15 is 0 Å². The lowest BCUT2D eigenvalue weighted by molar-refractivity contribution is -0.133. The molecule has 2 saturated heterocycles. The van der Waals surface area contributed by atoms with Crippen LogP contribution in [0, 0.1) is 11.3 Å². The van der Waals surface area contributed by atoms with E-state index in [1.165, 1.54) is 31.2 Å². The summed E-state index contributed by atoms with van der Waals surface area (Å²) in [5, 5.41) is 10.5. The van der Waals surface area contributed by atoms with Gasteiger partial charge in [0, 0.05) is 49.5 Å². The van der Waals surface area contributed by atoms with Crippen molar-refractivity contribution in [3.05, 3.63) is 29.3 Å². The van der Waals surface area contributed by atoms with Crippen molar-refractivity contribution < 1.29 is 23.1 Å². The zero-order valence-corrected chi connectivity index (χ0v) is 17.9. The Balaban J connectivity index is 1.59. The lowest BCUT2D eigenvalue weighted by Crippen LogP contribution is -2.50. The predicted octanol–water partition coefficient (Wildman–Crippen LogP) is 1.34. The molecule has 1 aliphatic carbocycles. The maximum Gasteiger partial charge on any atom is 0.244 e. The fourth-order valence-corrected chi connectivity index (χ4v) is 6.89. The van der Waals surface area contributed by atoms with Crippen LogP contribution in [0.4, 0.5) is 0 Å². The average Bonchev–Trinajstić information content (AvgIpc) is 3.43. The third kappa shape index (κ3) is 3.16. The molecule has 7 nitrogen and oxygen atoms in total. The predicted molar refractivity (Wildman–Crippen MR) is 107 cm³/mol. The van der Waals surface area contributed by atoms with Crippen LogP contribution < -0.4 is 0 Å². The molecule has 0 aromatic heterocycles. The Morgan fingerprint density at radius 1 is 1.14 bits per heavy atom. The van der Waals surface area contributed by atoms with Crippen molar-refractivity contribution in [1.29, 1.82) is 0 Å². The molecule has 0 spiro atoms. The summed E-state index contributed by atoms with van der Waals surface area (Å²) >= 11 is 5.87. The van der Waals surface area contributed by atoms with Crippen molar-refractivity contribution in [2.75, 3.05) is 32.8 Å². The first-order chi connectivity index (χ1) is 13.6. The molecule has 2 atom stereocenters. The Kier molecular flexibility index (Phi) is 4.95. The summed E-state index contributed by atoms with van der Waals surface area (Å²) in [5.41, 5.74) is -0.471. The summed E-state index contributed by atoms with van der Waals surface area (Å²) in [6, 6.07) is 5.90. The van der Waals surface area contributed by atoms with Crippen LogP contribution in [-0.2, 0) is 19.4 Å². The van der Waals surface area contributed by atoms with Crippen LogP contribution in [-0.4, -0.2) is 72.7 Å². The van der Waals surface area contributed by atoms with Gasteiger partial charge in [-0.1, -0.05) is 11.6 Å². The highest BCUT2D eigenvalue weighted by Gasteiger charge is 2.64. The molecule has 0 unspecified atom stereocenters. The Hall–Kier alpha value is -1.64. The first kappa shape index (κ1) is 20.6. The number of likely N-dealkylation sites (tertiary alicyclic amines) is 2. The Morgan fingerprint density at radius 3 is 2.31 bits per heavy atom. The number of rotatable bonds is 4. The number of fused-ring (bicyclic) bond motifs is 1. The van der Waals surface area contributed by atoms with E-state index < -0.39 is 20.0 Å². The van der Waals surface area contributed by atoms with E-state index in [0.717, 1.165) is 0 Å². The quantitative estimate of drug-likeness (QED) is 0.762. The van der Waals surface area contributed by atoms with E-state index in [1.54, 1.807) is 9.80 Å². The van der Waals surface area contributed by atoms with Crippen LogP contribution in [0.3, 0.4) is 0 Å². The highest BCUT2D eigenvalue weighted by Crippen LogP contribution is 2.51. The molecule has 2 heterocycles. The molecule has 4 rings (SSSR count). The number of nitrogens with zero attached hydrogens (tertiary/aromatic N) is 2. The molecule has 1 saturated carbocycles. The van der Waals surface area contributed by atoms with Crippen LogP contribution >= 0.6 is 11.6 Å². The van der Waals surface area contributed by atoms with Gasteiger partial charge in [-0.3, -0.25) is 9.59 Å². The highest BCUT2D eigenvalue weighted by atomic mass is 35.5. The molecule has 3 fully saturated rings. The Morgan fingerprint density at radius 2 is 1.76 bits per heavy atom. The molecule has 158 valence electrons. The third-order valence-electron chi connectivity index (χ3n) is 6.91. The number of hydrogen-bond acceptors (Lipinski definition) is 5. The molecule has 3 aliphatic rings. The van der Waals surface area contributed by atoms with E-state index in [-0.39, 0.29) is 29.2 Å². The van der Waals surface area contributed by atoms with Crippen LogP contribution in [0.25, 0.3) is 0 Å². The van der Waals surface area contributed by atoms with E-state index in [2.05, 4.69) is 0 Å². The number of piperidine rings is 1. The number of halogens is 1. The molecule has 2 aliphatic heterocycles. The number of amides is 2. The van der Waals surface area contributed by atoms with Gasteiger partial charge in [0.05, 0.1) is 11.5 Å². The van der Waals surface area contributed by atoms with Gasteiger partial charge in [-0.25, -0.2) is 8.42 Å². The standard InChI is InChI=1S/C20H25ClN2O5S/c1-14(25)22-9-8-19(13-24)12-23(11-15(19)10-22)18(26)20(6-7-20)29(27,28)17-4-2-16(21)3-5-17/h2-5,15,24H,6-13H2,1H3/t15-,19+/m1/s1. The van der Waals surface area contributed by atoms with Gasteiger partial charge in [-0.15, -0.1) is 0 Å². The number of carbonyl (C=O) groups excluding carboxylic acids is 2. The van der Waals surface area contributed by atoms with Gasteiger partial charge < -0.3 is 14.9 Å². The van der Waals surface area contributed by atoms with E-state index in [4.69, 9.17) is 11.6 Å². The zero-order valence-electron chi connectivity index (χ0n) is 16.3. The van der Waals surface area contributed by atoms with Crippen molar-refractivity contribution >= 4 is 33.3 Å². The third-order valence-corrected chi connectivity index (χ3v) is 9.67. The minimum absolute atomic E-state index is 0.0229. The van der Waals surface area contributed by atoms with Gasteiger partial charge in [0.1, 0.15) is 0 Å². The largest absolute Gasteiger partial charge is 0.396 e. The smallest absolute Gasteiger partial charge is 0.244 e. The maximum atomic E-state index is 13.4. The number of benzene rings is 1. The molecular formula is C20H25ClN2O5S. The second-order valence-corrected chi connectivity index (χ2v) is 11.3.